The predicted octanol–water partition coefficient (Wildman–Crippen LogP) is 2.88. The minimum Gasteiger partial charge on any atom is -0.378 e. The Kier molecular flexibility index (Phi) is 6.43. The van der Waals surface area contributed by atoms with Gasteiger partial charge in [0.05, 0.1) is 6.10 Å². The van der Waals surface area contributed by atoms with Gasteiger partial charge in [-0.1, -0.05) is 6.07 Å². The number of ether oxygens (including phenoxy) is 1. The third-order valence-electron chi connectivity index (χ3n) is 5.69. The van der Waals surface area contributed by atoms with Crippen LogP contribution in [0.3, 0.4) is 0 Å². The second-order valence-electron chi connectivity index (χ2n) is 7.56. The molecule has 0 radical (unpaired) electrons. The van der Waals surface area contributed by atoms with E-state index in [2.05, 4.69) is 23.0 Å². The summed E-state index contributed by atoms with van der Waals surface area (Å²) in [7, 11) is 4.11. The Labute approximate surface area is 151 Å². The number of pyridine rings is 1. The largest absolute Gasteiger partial charge is 0.378 e. The zero-order valence-corrected chi connectivity index (χ0v) is 15.6. The summed E-state index contributed by atoms with van der Waals surface area (Å²) >= 11 is 0. The molecular weight excluding hydrogens is 314 g/mol. The molecule has 3 heterocycles. The molecule has 0 aromatic carbocycles. The molecule has 1 amide bonds. The highest BCUT2D eigenvalue weighted by Crippen LogP contribution is 2.36. The Bertz CT molecular complexity index is 545. The fraction of sp³-hybridized carbons (Fsp3) is 0.700. The highest BCUT2D eigenvalue weighted by atomic mass is 16.5. The van der Waals surface area contributed by atoms with Crippen LogP contribution >= 0.6 is 0 Å². The number of carbonyl (C=O) groups excluding carboxylic acids is 1. The maximum atomic E-state index is 12.5. The SMILES string of the molecule is CN(C[C@@H]1CCN(C)[C@H]1c1cccnc1)C(=O)CC[C@H]1CCCCO1. The van der Waals surface area contributed by atoms with Crippen LogP contribution in [0, 0.1) is 5.92 Å². The Morgan fingerprint density at radius 2 is 2.28 bits per heavy atom. The van der Waals surface area contributed by atoms with Gasteiger partial charge in [-0.25, -0.2) is 0 Å². The Balaban J connectivity index is 1.52. The number of hydrogen-bond acceptors (Lipinski definition) is 4. The highest BCUT2D eigenvalue weighted by molar-refractivity contribution is 5.75. The molecule has 0 unspecified atom stereocenters. The average molecular weight is 345 g/mol. The first-order valence-corrected chi connectivity index (χ1v) is 9.61. The van der Waals surface area contributed by atoms with E-state index in [1.165, 1.54) is 12.0 Å². The van der Waals surface area contributed by atoms with Gasteiger partial charge >= 0.3 is 0 Å². The molecule has 0 aliphatic carbocycles. The average Bonchev–Trinajstić information content (AvgIpc) is 3.01. The molecule has 0 saturated carbocycles. The van der Waals surface area contributed by atoms with Gasteiger partial charge in [-0.3, -0.25) is 14.7 Å². The number of carbonyl (C=O) groups is 1. The summed E-state index contributed by atoms with van der Waals surface area (Å²) in [5, 5.41) is 0. The van der Waals surface area contributed by atoms with Crippen LogP contribution in [0.15, 0.2) is 24.5 Å². The van der Waals surface area contributed by atoms with Gasteiger partial charge in [-0.15, -0.1) is 0 Å². The third kappa shape index (κ3) is 4.79. The Morgan fingerprint density at radius 3 is 3.00 bits per heavy atom. The number of amides is 1. The van der Waals surface area contributed by atoms with Crippen molar-refractivity contribution in [3.63, 3.8) is 0 Å². The standard InChI is InChI=1S/C20H31N3O2/c1-22-12-10-17(20(22)16-6-5-11-21-14-16)15-23(2)19(24)9-8-18-7-3-4-13-25-18/h5-6,11,14,17-18,20H,3-4,7-10,12-13,15H2,1-2H3/t17-,18+,20-/m0/s1. The van der Waals surface area contributed by atoms with E-state index in [9.17, 15) is 4.79 Å². The summed E-state index contributed by atoms with van der Waals surface area (Å²) in [6.07, 6.45) is 10.1. The zero-order chi connectivity index (χ0) is 17.6. The van der Waals surface area contributed by atoms with Crippen LogP contribution in [0.4, 0.5) is 0 Å². The maximum Gasteiger partial charge on any atom is 0.222 e. The Hall–Kier alpha value is -1.46. The monoisotopic (exact) mass is 345 g/mol. The fourth-order valence-corrected chi connectivity index (χ4v) is 4.26. The van der Waals surface area contributed by atoms with Crippen molar-refractivity contribution in [3.8, 4) is 0 Å². The molecule has 2 saturated heterocycles. The molecular formula is C20H31N3O2. The molecule has 1 aromatic rings. The van der Waals surface area contributed by atoms with Crippen molar-refractivity contribution >= 4 is 5.91 Å². The molecule has 1 aromatic heterocycles. The molecule has 0 bridgehead atoms. The first-order valence-electron chi connectivity index (χ1n) is 9.61. The first-order chi connectivity index (χ1) is 12.1. The number of rotatable bonds is 6. The van der Waals surface area contributed by atoms with Gasteiger partial charge < -0.3 is 9.64 Å². The lowest BCUT2D eigenvalue weighted by Crippen LogP contribution is -2.35. The minimum absolute atomic E-state index is 0.244. The second-order valence-corrected chi connectivity index (χ2v) is 7.56. The van der Waals surface area contributed by atoms with E-state index in [1.807, 2.05) is 30.4 Å². The van der Waals surface area contributed by atoms with E-state index in [-0.39, 0.29) is 12.0 Å². The van der Waals surface area contributed by atoms with Crippen molar-refractivity contribution in [3.05, 3.63) is 30.1 Å². The zero-order valence-electron chi connectivity index (χ0n) is 15.6. The molecule has 3 atom stereocenters. The molecule has 3 rings (SSSR count). The van der Waals surface area contributed by atoms with E-state index in [0.29, 0.717) is 18.4 Å². The topological polar surface area (TPSA) is 45.7 Å². The van der Waals surface area contributed by atoms with Crippen molar-refractivity contribution in [1.29, 1.82) is 0 Å². The third-order valence-corrected chi connectivity index (χ3v) is 5.69. The maximum absolute atomic E-state index is 12.5. The summed E-state index contributed by atoms with van der Waals surface area (Å²) < 4.78 is 5.75. The molecule has 0 N–H and O–H groups in total. The molecule has 0 spiro atoms. The van der Waals surface area contributed by atoms with Crippen LogP contribution < -0.4 is 0 Å². The first kappa shape index (κ1) is 18.3. The van der Waals surface area contributed by atoms with Crippen molar-refractivity contribution in [1.82, 2.24) is 14.8 Å². The molecule has 138 valence electrons. The van der Waals surface area contributed by atoms with Gasteiger partial charge in [-0.05, 0) is 63.2 Å². The van der Waals surface area contributed by atoms with Crippen LogP contribution in [0.1, 0.15) is 50.1 Å². The summed E-state index contributed by atoms with van der Waals surface area (Å²) in [5.41, 5.74) is 1.25. The second kappa shape index (κ2) is 8.77. The van der Waals surface area contributed by atoms with Crippen molar-refractivity contribution in [2.45, 2.75) is 50.7 Å². The number of hydrogen-bond donors (Lipinski definition) is 0. The molecule has 25 heavy (non-hydrogen) atoms. The molecule has 5 heteroatoms. The minimum atomic E-state index is 0.244. The van der Waals surface area contributed by atoms with E-state index in [1.54, 1.807) is 0 Å². The van der Waals surface area contributed by atoms with E-state index in [4.69, 9.17) is 4.74 Å². The van der Waals surface area contributed by atoms with Crippen LogP contribution in [0.5, 0.6) is 0 Å². The molecule has 2 aliphatic heterocycles. The van der Waals surface area contributed by atoms with Crippen molar-refractivity contribution in [2.24, 2.45) is 5.92 Å². The normalized spacial score (nSPS) is 27.4. The van der Waals surface area contributed by atoms with Gasteiger partial charge in [-0.2, -0.15) is 0 Å². The summed E-state index contributed by atoms with van der Waals surface area (Å²) in [6, 6.07) is 4.50. The Morgan fingerprint density at radius 1 is 1.40 bits per heavy atom. The van der Waals surface area contributed by atoms with Crippen LogP contribution in [0.25, 0.3) is 0 Å². The molecule has 5 nitrogen and oxygen atoms in total. The number of aromatic nitrogens is 1. The van der Waals surface area contributed by atoms with Gasteiger partial charge in [0.2, 0.25) is 5.91 Å². The molecule has 2 aliphatic rings. The highest BCUT2D eigenvalue weighted by Gasteiger charge is 2.34. The quantitative estimate of drug-likeness (QED) is 0.795. The fourth-order valence-electron chi connectivity index (χ4n) is 4.26. The van der Waals surface area contributed by atoms with Gasteiger partial charge in [0.15, 0.2) is 0 Å². The van der Waals surface area contributed by atoms with Gasteiger partial charge in [0.1, 0.15) is 0 Å². The van der Waals surface area contributed by atoms with E-state index < -0.39 is 0 Å². The summed E-state index contributed by atoms with van der Waals surface area (Å²) in [6.45, 7) is 2.74. The predicted molar refractivity (Wildman–Crippen MR) is 98.2 cm³/mol. The number of nitrogens with zero attached hydrogens (tertiary/aromatic N) is 3. The lowest BCUT2D eigenvalue weighted by molar-refractivity contribution is -0.131. The smallest absolute Gasteiger partial charge is 0.222 e. The van der Waals surface area contributed by atoms with Crippen molar-refractivity contribution < 1.29 is 9.53 Å². The van der Waals surface area contributed by atoms with Crippen molar-refractivity contribution in [2.75, 3.05) is 33.8 Å². The number of likely N-dealkylation sites (tertiary alicyclic amines) is 1. The summed E-state index contributed by atoms with van der Waals surface area (Å²) in [4.78, 5) is 21.1. The van der Waals surface area contributed by atoms with Crippen LogP contribution in [-0.2, 0) is 9.53 Å². The lowest BCUT2D eigenvalue weighted by atomic mass is 9.94. The van der Waals surface area contributed by atoms with Crippen LogP contribution in [0.2, 0.25) is 0 Å². The lowest BCUT2D eigenvalue weighted by Gasteiger charge is -2.29. The van der Waals surface area contributed by atoms with E-state index >= 15 is 0 Å². The molecule has 2 fully saturated rings. The van der Waals surface area contributed by atoms with Crippen LogP contribution in [-0.4, -0.2) is 60.6 Å². The van der Waals surface area contributed by atoms with Gasteiger partial charge in [0.25, 0.3) is 0 Å². The summed E-state index contributed by atoms with van der Waals surface area (Å²) in [5.74, 6) is 0.711. The van der Waals surface area contributed by atoms with E-state index in [0.717, 1.165) is 45.4 Å². The van der Waals surface area contributed by atoms with Gasteiger partial charge in [0, 0.05) is 45.1 Å².